The number of urea groups is 1. The van der Waals surface area contributed by atoms with Gasteiger partial charge in [0.15, 0.2) is 0 Å². The van der Waals surface area contributed by atoms with E-state index in [1.165, 1.54) is 31.3 Å². The summed E-state index contributed by atoms with van der Waals surface area (Å²) in [6, 6.07) is -0.379. The van der Waals surface area contributed by atoms with Gasteiger partial charge in [0.25, 0.3) is 0 Å². The predicted octanol–water partition coefficient (Wildman–Crippen LogP) is 1.60. The van der Waals surface area contributed by atoms with Crippen molar-refractivity contribution in [1.82, 2.24) is 10.2 Å². The van der Waals surface area contributed by atoms with E-state index in [2.05, 4.69) is 5.32 Å². The zero-order chi connectivity index (χ0) is 13.4. The molecule has 1 aliphatic rings. The Morgan fingerprint density at radius 1 is 1.44 bits per heavy atom. The van der Waals surface area contributed by atoms with Crippen molar-refractivity contribution in [2.45, 2.75) is 39.0 Å². The summed E-state index contributed by atoms with van der Waals surface area (Å²) in [5.41, 5.74) is 6.54. The first-order valence-electron chi connectivity index (χ1n) is 6.58. The Labute approximate surface area is 108 Å². The number of rotatable bonds is 6. The Morgan fingerprint density at radius 3 is 2.67 bits per heavy atom. The molecule has 3 N–H and O–H groups in total. The third-order valence-electron chi connectivity index (χ3n) is 3.41. The third-order valence-corrected chi connectivity index (χ3v) is 3.41. The summed E-state index contributed by atoms with van der Waals surface area (Å²) < 4.78 is 0. The van der Waals surface area contributed by atoms with E-state index in [4.69, 9.17) is 5.73 Å². The van der Waals surface area contributed by atoms with Crippen LogP contribution in [0.3, 0.4) is 0 Å². The molecule has 18 heavy (non-hydrogen) atoms. The Kier molecular flexibility index (Phi) is 6.43. The summed E-state index contributed by atoms with van der Waals surface area (Å²) in [6.07, 6.45) is 7.82. The second-order valence-corrected chi connectivity index (χ2v) is 4.76. The van der Waals surface area contributed by atoms with Crippen molar-refractivity contribution < 1.29 is 9.59 Å². The first-order chi connectivity index (χ1) is 8.69. The van der Waals surface area contributed by atoms with Crippen molar-refractivity contribution in [2.75, 3.05) is 13.1 Å². The molecule has 1 fully saturated rings. The highest BCUT2D eigenvalue weighted by Crippen LogP contribution is 2.30. The summed E-state index contributed by atoms with van der Waals surface area (Å²) in [5, 5.41) is 2.67. The van der Waals surface area contributed by atoms with Crippen LogP contribution in [0.5, 0.6) is 0 Å². The number of hydrogen-bond acceptors (Lipinski definition) is 3. The molecule has 0 spiro atoms. The molecule has 0 radical (unpaired) electrons. The highest BCUT2D eigenvalue weighted by molar-refractivity contribution is 5.85. The van der Waals surface area contributed by atoms with Crippen LogP contribution in [-0.4, -0.2) is 30.4 Å². The quantitative estimate of drug-likeness (QED) is 0.706. The highest BCUT2D eigenvalue weighted by Gasteiger charge is 2.17. The molecule has 5 nitrogen and oxygen atoms in total. The minimum Gasteiger partial charge on any atom is -0.330 e. The van der Waals surface area contributed by atoms with Gasteiger partial charge in [-0.25, -0.2) is 4.79 Å². The van der Waals surface area contributed by atoms with E-state index < -0.39 is 0 Å². The molecule has 0 aromatic carbocycles. The molecular weight excluding hydrogens is 230 g/mol. The van der Waals surface area contributed by atoms with Crippen molar-refractivity contribution in [1.29, 1.82) is 0 Å². The van der Waals surface area contributed by atoms with Crippen molar-refractivity contribution in [3.8, 4) is 0 Å². The zero-order valence-electron chi connectivity index (χ0n) is 11.0. The number of allylic oxidation sites excluding steroid dienone is 1. The van der Waals surface area contributed by atoms with Crippen molar-refractivity contribution in [2.24, 2.45) is 11.7 Å². The fourth-order valence-corrected chi connectivity index (χ4v) is 2.22. The first-order valence-corrected chi connectivity index (χ1v) is 6.58. The number of amides is 3. The summed E-state index contributed by atoms with van der Waals surface area (Å²) in [6.45, 7) is 2.86. The molecule has 0 atom stereocenters. The number of nitrogens with two attached hydrogens (primary N) is 1. The average Bonchev–Trinajstić information content (AvgIpc) is 2.90. The van der Waals surface area contributed by atoms with E-state index in [-0.39, 0.29) is 6.03 Å². The van der Waals surface area contributed by atoms with E-state index >= 15 is 0 Å². The molecule has 0 heterocycles. The van der Waals surface area contributed by atoms with Gasteiger partial charge >= 0.3 is 6.03 Å². The number of imide groups is 1. The standard InChI is InChI=1S/C13H23N3O2/c1-11(12-5-2-3-6-12)9-15-13(18)16(10-17)8-4-7-14/h9-10,12H,2-8,14H2,1H3,(H,15,18)/b11-9+. The van der Waals surface area contributed by atoms with Crippen molar-refractivity contribution >= 4 is 12.4 Å². The molecular formula is C13H23N3O2. The lowest BCUT2D eigenvalue weighted by Gasteiger charge is -2.15. The van der Waals surface area contributed by atoms with Crippen LogP contribution >= 0.6 is 0 Å². The van der Waals surface area contributed by atoms with E-state index in [9.17, 15) is 9.59 Å². The molecule has 102 valence electrons. The van der Waals surface area contributed by atoms with Crippen LogP contribution in [0.1, 0.15) is 39.0 Å². The predicted molar refractivity (Wildman–Crippen MR) is 70.7 cm³/mol. The minimum atomic E-state index is -0.379. The Bertz CT molecular complexity index is 309. The normalized spacial score (nSPS) is 16.7. The first kappa shape index (κ1) is 14.7. The third kappa shape index (κ3) is 4.49. The summed E-state index contributed by atoms with van der Waals surface area (Å²) in [5.74, 6) is 0.582. The molecule has 0 saturated heterocycles. The van der Waals surface area contributed by atoms with E-state index in [0.717, 1.165) is 4.90 Å². The molecule has 0 aromatic rings. The van der Waals surface area contributed by atoms with Gasteiger partial charge < -0.3 is 11.1 Å². The monoisotopic (exact) mass is 253 g/mol. The molecule has 0 bridgehead atoms. The van der Waals surface area contributed by atoms with Gasteiger partial charge in [0.05, 0.1) is 0 Å². The van der Waals surface area contributed by atoms with Gasteiger partial charge in [0.2, 0.25) is 6.41 Å². The van der Waals surface area contributed by atoms with Crippen LogP contribution < -0.4 is 11.1 Å². The van der Waals surface area contributed by atoms with Gasteiger partial charge in [-0.05, 0) is 38.6 Å². The lowest BCUT2D eigenvalue weighted by Crippen LogP contribution is -2.38. The molecule has 0 aromatic heterocycles. The van der Waals surface area contributed by atoms with Crippen LogP contribution in [0, 0.1) is 5.92 Å². The lowest BCUT2D eigenvalue weighted by molar-refractivity contribution is -0.115. The molecule has 0 unspecified atom stereocenters. The van der Waals surface area contributed by atoms with Gasteiger partial charge in [-0.1, -0.05) is 18.4 Å². The number of hydrogen-bond donors (Lipinski definition) is 2. The molecule has 0 aliphatic heterocycles. The van der Waals surface area contributed by atoms with E-state index in [1.54, 1.807) is 6.20 Å². The number of carbonyl (C=O) groups excluding carboxylic acids is 2. The smallest absolute Gasteiger partial charge is 0.327 e. The SMILES string of the molecule is C/C(=C\NC(=O)N(C=O)CCCN)C1CCCC1. The van der Waals surface area contributed by atoms with Crippen LogP contribution in [-0.2, 0) is 4.79 Å². The van der Waals surface area contributed by atoms with E-state index in [1.807, 2.05) is 6.92 Å². The second-order valence-electron chi connectivity index (χ2n) is 4.76. The van der Waals surface area contributed by atoms with Crippen LogP contribution in [0.15, 0.2) is 11.8 Å². The van der Waals surface area contributed by atoms with Gasteiger partial charge in [-0.15, -0.1) is 0 Å². The Balaban J connectivity index is 2.42. The summed E-state index contributed by atoms with van der Waals surface area (Å²) in [7, 11) is 0. The summed E-state index contributed by atoms with van der Waals surface area (Å²) in [4.78, 5) is 23.6. The van der Waals surface area contributed by atoms with Gasteiger partial charge in [-0.2, -0.15) is 0 Å². The molecule has 1 rings (SSSR count). The summed E-state index contributed by atoms with van der Waals surface area (Å²) >= 11 is 0. The van der Waals surface area contributed by atoms with Crippen molar-refractivity contribution in [3.63, 3.8) is 0 Å². The Morgan fingerprint density at radius 2 is 2.11 bits per heavy atom. The lowest BCUT2D eigenvalue weighted by atomic mass is 10.0. The highest BCUT2D eigenvalue weighted by atomic mass is 16.2. The van der Waals surface area contributed by atoms with Crippen LogP contribution in [0.4, 0.5) is 4.79 Å². The maximum Gasteiger partial charge on any atom is 0.327 e. The fraction of sp³-hybridized carbons (Fsp3) is 0.692. The fourth-order valence-electron chi connectivity index (χ4n) is 2.22. The van der Waals surface area contributed by atoms with Gasteiger partial charge in [-0.3, -0.25) is 9.69 Å². The van der Waals surface area contributed by atoms with Crippen LogP contribution in [0.25, 0.3) is 0 Å². The molecule has 1 saturated carbocycles. The van der Waals surface area contributed by atoms with Gasteiger partial charge in [0.1, 0.15) is 0 Å². The maximum absolute atomic E-state index is 11.7. The largest absolute Gasteiger partial charge is 0.330 e. The van der Waals surface area contributed by atoms with E-state index in [0.29, 0.717) is 31.8 Å². The zero-order valence-corrected chi connectivity index (χ0v) is 11.0. The van der Waals surface area contributed by atoms with Crippen LogP contribution in [0.2, 0.25) is 0 Å². The van der Waals surface area contributed by atoms with Crippen molar-refractivity contribution in [3.05, 3.63) is 11.8 Å². The second kappa shape index (κ2) is 7.87. The minimum absolute atomic E-state index is 0.363. The number of nitrogens with zero attached hydrogens (tertiary/aromatic N) is 1. The number of carbonyl (C=O) groups is 2. The average molecular weight is 253 g/mol. The Hall–Kier alpha value is -1.36. The van der Waals surface area contributed by atoms with Gasteiger partial charge in [0, 0.05) is 12.7 Å². The molecule has 1 aliphatic carbocycles. The number of nitrogens with one attached hydrogen (secondary N) is 1. The molecule has 3 amide bonds. The molecule has 5 heteroatoms. The maximum atomic E-state index is 11.7. The topological polar surface area (TPSA) is 75.4 Å².